The van der Waals surface area contributed by atoms with Crippen LogP contribution in [0, 0.1) is 0 Å². The van der Waals surface area contributed by atoms with E-state index in [4.69, 9.17) is 9.47 Å². The van der Waals surface area contributed by atoms with Crippen molar-refractivity contribution in [2.45, 2.75) is 181 Å². The quantitative estimate of drug-likeness (QED) is 0.0517. The van der Waals surface area contributed by atoms with E-state index in [1.807, 2.05) is 0 Å². The summed E-state index contributed by atoms with van der Waals surface area (Å²) in [5, 5.41) is 12.7. The number of carbonyl (C=O) groups excluding carboxylic acids is 2. The summed E-state index contributed by atoms with van der Waals surface area (Å²) in [6, 6.07) is 0. The van der Waals surface area contributed by atoms with Crippen molar-refractivity contribution >= 4 is 11.9 Å². The van der Waals surface area contributed by atoms with E-state index in [2.05, 4.69) is 24.1 Å². The minimum Gasteiger partial charge on any atom is -0.466 e. The highest BCUT2D eigenvalue weighted by Crippen LogP contribution is 2.13. The molecule has 2 N–H and O–H groups in total. The Morgan fingerprint density at radius 3 is 1.27 bits per heavy atom. The van der Waals surface area contributed by atoms with E-state index in [1.54, 1.807) is 0 Å². The van der Waals surface area contributed by atoms with E-state index in [0.717, 1.165) is 25.7 Å². The molecular formula is C38H76N2O5. The summed E-state index contributed by atoms with van der Waals surface area (Å²) in [6.07, 6.45) is 31.8. The Kier molecular flexibility index (Phi) is 36.3. The Bertz CT molecular complexity index is 619. The number of ether oxygens (including phenoxy) is 2. The molecule has 7 heteroatoms. The SMILES string of the molecule is CCCCCCCCCCCCCCOC(=O)CCNCCN(CCO)CCC(=O)OCCCCCCCCCCCCCC. The third-order valence-electron chi connectivity index (χ3n) is 8.68. The van der Waals surface area contributed by atoms with Gasteiger partial charge in [-0.15, -0.1) is 0 Å². The number of esters is 2. The monoisotopic (exact) mass is 641 g/mol. The average molecular weight is 641 g/mol. The minimum absolute atomic E-state index is 0.0549. The minimum atomic E-state index is -0.162. The molecule has 45 heavy (non-hydrogen) atoms. The van der Waals surface area contributed by atoms with Crippen LogP contribution in [-0.2, 0) is 19.1 Å². The van der Waals surface area contributed by atoms with Crippen LogP contribution in [0.1, 0.15) is 181 Å². The van der Waals surface area contributed by atoms with Crippen LogP contribution in [0.2, 0.25) is 0 Å². The van der Waals surface area contributed by atoms with Crippen molar-refractivity contribution in [2.75, 3.05) is 52.5 Å². The lowest BCUT2D eigenvalue weighted by molar-refractivity contribution is -0.145. The van der Waals surface area contributed by atoms with Gasteiger partial charge in [0, 0.05) is 32.7 Å². The molecular weight excluding hydrogens is 564 g/mol. The molecule has 0 atom stereocenters. The van der Waals surface area contributed by atoms with Crippen molar-refractivity contribution in [3.05, 3.63) is 0 Å². The van der Waals surface area contributed by atoms with Crippen molar-refractivity contribution in [3.8, 4) is 0 Å². The number of nitrogens with zero attached hydrogens (tertiary/aromatic N) is 1. The fourth-order valence-corrected chi connectivity index (χ4v) is 5.68. The Balaban J connectivity index is 3.57. The van der Waals surface area contributed by atoms with Gasteiger partial charge in [-0.2, -0.15) is 0 Å². The van der Waals surface area contributed by atoms with Gasteiger partial charge in [0.25, 0.3) is 0 Å². The van der Waals surface area contributed by atoms with Crippen LogP contribution >= 0.6 is 0 Å². The predicted molar refractivity (Wildman–Crippen MR) is 190 cm³/mol. The van der Waals surface area contributed by atoms with Gasteiger partial charge in [-0.25, -0.2) is 0 Å². The fourth-order valence-electron chi connectivity index (χ4n) is 5.68. The largest absolute Gasteiger partial charge is 0.466 e. The first-order valence-corrected chi connectivity index (χ1v) is 19.5. The molecule has 0 aliphatic carbocycles. The summed E-state index contributed by atoms with van der Waals surface area (Å²) in [5.41, 5.74) is 0. The number of aliphatic hydroxyl groups excluding tert-OH is 1. The summed E-state index contributed by atoms with van der Waals surface area (Å²) in [5.74, 6) is -0.307. The molecule has 0 aliphatic rings. The van der Waals surface area contributed by atoms with Gasteiger partial charge < -0.3 is 19.9 Å². The number of hydrogen-bond donors (Lipinski definition) is 2. The standard InChI is InChI=1S/C38H76N2O5/c1-3-5-7-9-11-13-15-17-19-21-23-25-35-44-37(42)27-29-39-30-32-40(33-34-41)31-28-38(43)45-36-26-24-22-20-18-16-14-12-10-8-6-4-2/h39,41H,3-36H2,1-2H3. The number of unbranched alkanes of at least 4 members (excludes halogenated alkanes) is 22. The molecule has 0 unspecified atom stereocenters. The highest BCUT2D eigenvalue weighted by molar-refractivity contribution is 5.69. The molecule has 0 aliphatic heterocycles. The van der Waals surface area contributed by atoms with Gasteiger partial charge in [-0.3, -0.25) is 14.5 Å². The lowest BCUT2D eigenvalue weighted by Gasteiger charge is -2.21. The van der Waals surface area contributed by atoms with E-state index in [0.29, 0.717) is 58.8 Å². The Hall–Kier alpha value is -1.18. The summed E-state index contributed by atoms with van der Waals surface area (Å²) in [6.45, 7) is 8.68. The zero-order valence-corrected chi connectivity index (χ0v) is 30.1. The van der Waals surface area contributed by atoms with Gasteiger partial charge in [0.1, 0.15) is 0 Å². The van der Waals surface area contributed by atoms with Gasteiger partial charge in [0.05, 0.1) is 32.7 Å². The molecule has 0 heterocycles. The molecule has 0 aromatic heterocycles. The number of carbonyl (C=O) groups is 2. The van der Waals surface area contributed by atoms with Gasteiger partial charge in [0.2, 0.25) is 0 Å². The third kappa shape index (κ3) is 35.5. The summed E-state index contributed by atoms with van der Waals surface area (Å²) in [7, 11) is 0. The van der Waals surface area contributed by atoms with Crippen molar-refractivity contribution in [2.24, 2.45) is 0 Å². The second kappa shape index (κ2) is 37.3. The molecule has 268 valence electrons. The molecule has 0 fully saturated rings. The Morgan fingerprint density at radius 1 is 0.489 bits per heavy atom. The first kappa shape index (κ1) is 43.8. The normalized spacial score (nSPS) is 11.4. The second-order valence-corrected chi connectivity index (χ2v) is 13.0. The van der Waals surface area contributed by atoms with Gasteiger partial charge in [0.15, 0.2) is 0 Å². The maximum atomic E-state index is 12.2. The van der Waals surface area contributed by atoms with Crippen LogP contribution in [-0.4, -0.2) is 74.5 Å². The molecule has 0 bridgehead atoms. The Labute approximate surface area is 279 Å². The lowest BCUT2D eigenvalue weighted by Crippen LogP contribution is -2.36. The molecule has 7 nitrogen and oxygen atoms in total. The number of hydrogen-bond acceptors (Lipinski definition) is 7. The molecule has 0 radical (unpaired) electrons. The van der Waals surface area contributed by atoms with E-state index in [1.165, 1.54) is 128 Å². The Morgan fingerprint density at radius 2 is 0.867 bits per heavy atom. The van der Waals surface area contributed by atoms with Crippen molar-refractivity contribution in [1.82, 2.24) is 10.2 Å². The van der Waals surface area contributed by atoms with Crippen molar-refractivity contribution < 1.29 is 24.2 Å². The smallest absolute Gasteiger partial charge is 0.307 e. The fraction of sp³-hybridized carbons (Fsp3) is 0.947. The summed E-state index contributed by atoms with van der Waals surface area (Å²) in [4.78, 5) is 26.2. The molecule has 0 saturated carbocycles. The van der Waals surface area contributed by atoms with Crippen LogP contribution in [0.25, 0.3) is 0 Å². The number of nitrogens with one attached hydrogen (secondary N) is 1. The van der Waals surface area contributed by atoms with Crippen LogP contribution in [0.5, 0.6) is 0 Å². The molecule has 0 rings (SSSR count). The van der Waals surface area contributed by atoms with Crippen LogP contribution in [0.4, 0.5) is 0 Å². The van der Waals surface area contributed by atoms with Crippen molar-refractivity contribution in [1.29, 1.82) is 0 Å². The summed E-state index contributed by atoms with van der Waals surface area (Å²) < 4.78 is 10.8. The molecule has 0 spiro atoms. The molecule has 0 aromatic rings. The topological polar surface area (TPSA) is 88.1 Å². The van der Waals surface area contributed by atoms with Gasteiger partial charge >= 0.3 is 11.9 Å². The molecule has 0 saturated heterocycles. The van der Waals surface area contributed by atoms with Gasteiger partial charge in [-0.1, -0.05) is 155 Å². The lowest BCUT2D eigenvalue weighted by atomic mass is 10.1. The molecule has 0 amide bonds. The highest BCUT2D eigenvalue weighted by Gasteiger charge is 2.09. The first-order valence-electron chi connectivity index (χ1n) is 19.5. The second-order valence-electron chi connectivity index (χ2n) is 13.0. The van der Waals surface area contributed by atoms with Crippen LogP contribution in [0.15, 0.2) is 0 Å². The van der Waals surface area contributed by atoms with Gasteiger partial charge in [-0.05, 0) is 12.8 Å². The average Bonchev–Trinajstić information content (AvgIpc) is 3.04. The number of rotatable bonds is 37. The zero-order chi connectivity index (χ0) is 32.9. The maximum Gasteiger partial charge on any atom is 0.307 e. The predicted octanol–water partition coefficient (Wildman–Crippen LogP) is 9.14. The van der Waals surface area contributed by atoms with E-state index < -0.39 is 0 Å². The zero-order valence-electron chi connectivity index (χ0n) is 30.1. The third-order valence-corrected chi connectivity index (χ3v) is 8.68. The number of aliphatic hydroxyl groups is 1. The first-order chi connectivity index (χ1) is 22.1. The van der Waals surface area contributed by atoms with E-state index >= 15 is 0 Å². The molecule has 0 aromatic carbocycles. The maximum absolute atomic E-state index is 12.2. The van der Waals surface area contributed by atoms with E-state index in [9.17, 15) is 14.7 Å². The highest BCUT2D eigenvalue weighted by atomic mass is 16.5. The van der Waals surface area contributed by atoms with E-state index in [-0.39, 0.29) is 18.5 Å². The van der Waals surface area contributed by atoms with Crippen molar-refractivity contribution in [3.63, 3.8) is 0 Å². The van der Waals surface area contributed by atoms with Crippen LogP contribution in [0.3, 0.4) is 0 Å². The summed E-state index contributed by atoms with van der Waals surface area (Å²) >= 11 is 0. The van der Waals surface area contributed by atoms with Crippen LogP contribution < -0.4 is 5.32 Å².